The molecule has 0 saturated heterocycles. The Morgan fingerprint density at radius 3 is 2.09 bits per heavy atom. The summed E-state index contributed by atoms with van der Waals surface area (Å²) in [7, 11) is 0. The van der Waals surface area contributed by atoms with Crippen LogP contribution >= 0.6 is 15.9 Å². The average molecular weight is 487 g/mol. The molecule has 0 bridgehead atoms. The van der Waals surface area contributed by atoms with Crippen LogP contribution in [0, 0.1) is 0 Å². The van der Waals surface area contributed by atoms with Gasteiger partial charge in [0.2, 0.25) is 0 Å². The van der Waals surface area contributed by atoms with Crippen molar-refractivity contribution in [3.63, 3.8) is 0 Å². The highest BCUT2D eigenvalue weighted by Crippen LogP contribution is 2.58. The molecule has 1 atom stereocenters. The van der Waals surface area contributed by atoms with Crippen LogP contribution in [0.5, 0.6) is 0 Å². The minimum absolute atomic E-state index is 0.416. The largest absolute Gasteiger partial charge is 0.455 e. The molecule has 1 unspecified atom stereocenters. The van der Waals surface area contributed by atoms with Crippen LogP contribution in [-0.2, 0) is 5.41 Å². The first kappa shape index (κ1) is 18.9. The molecule has 0 amide bonds. The molecule has 33 heavy (non-hydrogen) atoms. The molecule has 5 aromatic carbocycles. The van der Waals surface area contributed by atoms with Gasteiger partial charge in [-0.15, -0.1) is 0 Å². The Morgan fingerprint density at radius 1 is 0.545 bits per heavy atom. The number of rotatable bonds is 2. The van der Waals surface area contributed by atoms with Crippen molar-refractivity contribution in [2.45, 2.75) is 5.41 Å². The van der Waals surface area contributed by atoms with Crippen molar-refractivity contribution in [3.05, 3.63) is 142 Å². The van der Waals surface area contributed by atoms with E-state index in [1.54, 1.807) is 0 Å². The molecular formula is C31H19BrO. The van der Waals surface area contributed by atoms with Gasteiger partial charge in [0.1, 0.15) is 11.2 Å². The number of fused-ring (bicyclic) bond motifs is 7. The second-order valence-corrected chi connectivity index (χ2v) is 9.55. The molecular weight excluding hydrogens is 468 g/mol. The molecule has 1 aliphatic rings. The van der Waals surface area contributed by atoms with Crippen LogP contribution in [0.4, 0.5) is 0 Å². The second kappa shape index (κ2) is 6.94. The quantitative estimate of drug-likeness (QED) is 0.238. The van der Waals surface area contributed by atoms with Crippen molar-refractivity contribution >= 4 is 37.9 Å². The lowest BCUT2D eigenvalue weighted by Gasteiger charge is -2.33. The van der Waals surface area contributed by atoms with Gasteiger partial charge in [-0.1, -0.05) is 113 Å². The maximum atomic E-state index is 6.53. The molecule has 0 N–H and O–H groups in total. The smallest absolute Gasteiger partial charge is 0.143 e. The van der Waals surface area contributed by atoms with E-state index in [1.165, 1.54) is 38.8 Å². The summed E-state index contributed by atoms with van der Waals surface area (Å²) < 4.78 is 7.61. The zero-order valence-electron chi connectivity index (χ0n) is 17.8. The monoisotopic (exact) mass is 486 g/mol. The highest BCUT2D eigenvalue weighted by Gasteiger charge is 2.47. The summed E-state index contributed by atoms with van der Waals surface area (Å²) in [6.07, 6.45) is 0. The second-order valence-electron chi connectivity index (χ2n) is 8.63. The van der Waals surface area contributed by atoms with Crippen LogP contribution in [0.1, 0.15) is 22.3 Å². The minimum Gasteiger partial charge on any atom is -0.455 e. The molecule has 1 aromatic heterocycles. The van der Waals surface area contributed by atoms with Crippen molar-refractivity contribution in [1.82, 2.24) is 0 Å². The fraction of sp³-hybridized carbons (Fsp3) is 0.0323. The molecule has 0 saturated carbocycles. The third kappa shape index (κ3) is 2.47. The summed E-state index contributed by atoms with van der Waals surface area (Å²) in [5, 5.41) is 2.33. The van der Waals surface area contributed by atoms with E-state index in [0.717, 1.165) is 21.0 Å². The average Bonchev–Trinajstić information content (AvgIpc) is 3.39. The van der Waals surface area contributed by atoms with Gasteiger partial charge in [-0.05, 0) is 46.0 Å². The Kier molecular flexibility index (Phi) is 3.97. The lowest BCUT2D eigenvalue weighted by molar-refractivity contribution is 0.669. The highest BCUT2D eigenvalue weighted by molar-refractivity contribution is 9.10. The van der Waals surface area contributed by atoms with Gasteiger partial charge in [-0.2, -0.15) is 0 Å². The molecule has 1 aliphatic carbocycles. The topological polar surface area (TPSA) is 13.1 Å². The lowest BCUT2D eigenvalue weighted by Crippen LogP contribution is -2.28. The van der Waals surface area contributed by atoms with Crippen molar-refractivity contribution in [3.8, 4) is 11.1 Å². The van der Waals surface area contributed by atoms with Crippen molar-refractivity contribution in [2.24, 2.45) is 0 Å². The van der Waals surface area contributed by atoms with Crippen molar-refractivity contribution in [1.29, 1.82) is 0 Å². The lowest BCUT2D eigenvalue weighted by atomic mass is 9.67. The van der Waals surface area contributed by atoms with Crippen LogP contribution in [0.3, 0.4) is 0 Å². The summed E-state index contributed by atoms with van der Waals surface area (Å²) in [5.74, 6) is 0. The van der Waals surface area contributed by atoms with Crippen LogP contribution in [0.2, 0.25) is 0 Å². The van der Waals surface area contributed by atoms with E-state index >= 15 is 0 Å². The van der Waals surface area contributed by atoms with Gasteiger partial charge in [0.15, 0.2) is 0 Å². The number of para-hydroxylation sites is 1. The zero-order valence-corrected chi connectivity index (χ0v) is 19.3. The van der Waals surface area contributed by atoms with Crippen LogP contribution in [0.15, 0.2) is 124 Å². The van der Waals surface area contributed by atoms with Gasteiger partial charge in [-0.25, -0.2) is 0 Å². The van der Waals surface area contributed by atoms with Gasteiger partial charge >= 0.3 is 0 Å². The molecule has 0 radical (unpaired) electrons. The summed E-state index contributed by atoms with van der Waals surface area (Å²) in [6, 6.07) is 41.3. The van der Waals surface area contributed by atoms with Gasteiger partial charge in [0.05, 0.1) is 5.41 Å². The molecule has 156 valence electrons. The summed E-state index contributed by atoms with van der Waals surface area (Å²) in [4.78, 5) is 0. The van der Waals surface area contributed by atoms with Crippen LogP contribution in [0.25, 0.3) is 33.1 Å². The molecule has 0 fully saturated rings. The zero-order chi connectivity index (χ0) is 22.0. The van der Waals surface area contributed by atoms with E-state index in [4.69, 9.17) is 4.42 Å². The summed E-state index contributed by atoms with van der Waals surface area (Å²) >= 11 is 3.63. The van der Waals surface area contributed by atoms with Crippen LogP contribution < -0.4 is 0 Å². The summed E-state index contributed by atoms with van der Waals surface area (Å²) in [5.41, 5.74) is 8.99. The number of benzene rings is 5. The van der Waals surface area contributed by atoms with Crippen molar-refractivity contribution in [2.75, 3.05) is 0 Å². The standard InChI is InChI=1S/C31H19BrO/c32-22-16-14-21(15-17-22)31(20-8-2-1-3-9-20)26-12-6-4-11-25(26)29-27(31)19-18-24-23-10-5-7-13-28(23)33-30(24)29/h1-19H. The molecule has 1 nitrogen and oxygen atoms in total. The van der Waals surface area contributed by atoms with Crippen molar-refractivity contribution < 1.29 is 4.42 Å². The number of furan rings is 1. The van der Waals surface area contributed by atoms with E-state index in [2.05, 4.69) is 125 Å². The fourth-order valence-electron chi connectivity index (χ4n) is 5.72. The minimum atomic E-state index is -0.416. The molecule has 6 aromatic rings. The Hall–Kier alpha value is -3.62. The molecule has 0 aliphatic heterocycles. The predicted molar refractivity (Wildman–Crippen MR) is 139 cm³/mol. The predicted octanol–water partition coefficient (Wildman–Crippen LogP) is 8.71. The number of halogens is 1. The number of hydrogen-bond donors (Lipinski definition) is 0. The normalized spacial score (nSPS) is 16.8. The third-order valence-electron chi connectivity index (χ3n) is 7.04. The van der Waals surface area contributed by atoms with E-state index in [0.29, 0.717) is 0 Å². The van der Waals surface area contributed by atoms with Gasteiger partial charge < -0.3 is 4.42 Å². The van der Waals surface area contributed by atoms with Crippen LogP contribution in [-0.4, -0.2) is 0 Å². The third-order valence-corrected chi connectivity index (χ3v) is 7.56. The first-order valence-corrected chi connectivity index (χ1v) is 11.9. The van der Waals surface area contributed by atoms with Gasteiger partial charge in [-0.3, -0.25) is 0 Å². The van der Waals surface area contributed by atoms with E-state index in [-0.39, 0.29) is 0 Å². The fourth-order valence-corrected chi connectivity index (χ4v) is 5.98. The van der Waals surface area contributed by atoms with E-state index < -0.39 is 5.41 Å². The Morgan fingerprint density at radius 2 is 1.24 bits per heavy atom. The Balaban J connectivity index is 1.69. The van der Waals surface area contributed by atoms with E-state index in [1.807, 2.05) is 6.07 Å². The first-order chi connectivity index (χ1) is 16.3. The Labute approximate surface area is 200 Å². The molecule has 1 heterocycles. The van der Waals surface area contributed by atoms with Gasteiger partial charge in [0.25, 0.3) is 0 Å². The van der Waals surface area contributed by atoms with Gasteiger partial charge in [0, 0.05) is 20.8 Å². The SMILES string of the molecule is Brc1ccc(C2(c3ccccc3)c3ccccc3-c3c2ccc2c3oc3ccccc32)cc1. The highest BCUT2D eigenvalue weighted by atomic mass is 79.9. The number of hydrogen-bond acceptors (Lipinski definition) is 1. The first-order valence-electron chi connectivity index (χ1n) is 11.1. The maximum Gasteiger partial charge on any atom is 0.143 e. The molecule has 2 heteroatoms. The van der Waals surface area contributed by atoms with E-state index in [9.17, 15) is 0 Å². The Bertz CT molecular complexity index is 1660. The maximum absolute atomic E-state index is 6.53. The molecule has 0 spiro atoms. The summed E-state index contributed by atoms with van der Waals surface area (Å²) in [6.45, 7) is 0. The molecule has 7 rings (SSSR count).